The molecule has 144 valence electrons. The molecule has 0 radical (unpaired) electrons. The number of benzene rings is 2. The highest BCUT2D eigenvalue weighted by Crippen LogP contribution is 2.24. The predicted molar refractivity (Wildman–Crippen MR) is 112 cm³/mol. The highest BCUT2D eigenvalue weighted by atomic mass is 16.5. The summed E-state index contributed by atoms with van der Waals surface area (Å²) < 4.78 is 5.78. The highest BCUT2D eigenvalue weighted by molar-refractivity contribution is 5.88. The Labute approximate surface area is 165 Å². The van der Waals surface area contributed by atoms with Gasteiger partial charge in [-0.3, -0.25) is 4.98 Å². The van der Waals surface area contributed by atoms with Gasteiger partial charge in [-0.05, 0) is 54.4 Å². The van der Waals surface area contributed by atoms with Crippen LogP contribution in [0.3, 0.4) is 0 Å². The second-order valence-electron chi connectivity index (χ2n) is 6.75. The van der Waals surface area contributed by atoms with Gasteiger partial charge in [-0.1, -0.05) is 44.4 Å². The van der Waals surface area contributed by atoms with Gasteiger partial charge in [-0.2, -0.15) is 0 Å². The summed E-state index contributed by atoms with van der Waals surface area (Å²) in [7, 11) is 0. The van der Waals surface area contributed by atoms with Crippen LogP contribution in [-0.2, 0) is 0 Å². The number of nitrogens with zero attached hydrogens (tertiary/aromatic N) is 1. The molecule has 0 fully saturated rings. The SMILES string of the molecule is CCCCCCOc1ccc(-c2ccc(-c3ccc(C(=O)O)cc3)cn2)cc1. The van der Waals surface area contributed by atoms with Crippen molar-refractivity contribution in [2.45, 2.75) is 32.6 Å². The summed E-state index contributed by atoms with van der Waals surface area (Å²) in [5, 5.41) is 8.99. The summed E-state index contributed by atoms with van der Waals surface area (Å²) >= 11 is 0. The van der Waals surface area contributed by atoms with E-state index < -0.39 is 5.97 Å². The molecular formula is C24H25NO3. The fourth-order valence-electron chi connectivity index (χ4n) is 2.98. The monoisotopic (exact) mass is 375 g/mol. The van der Waals surface area contributed by atoms with Crippen LogP contribution in [0.5, 0.6) is 5.75 Å². The first-order valence-corrected chi connectivity index (χ1v) is 9.70. The first kappa shape index (κ1) is 19.6. The van der Waals surface area contributed by atoms with Gasteiger partial charge in [-0.15, -0.1) is 0 Å². The molecule has 0 spiro atoms. The van der Waals surface area contributed by atoms with E-state index in [4.69, 9.17) is 9.84 Å². The number of hydrogen-bond donors (Lipinski definition) is 1. The zero-order valence-corrected chi connectivity index (χ0v) is 16.1. The van der Waals surface area contributed by atoms with Crippen LogP contribution >= 0.6 is 0 Å². The van der Waals surface area contributed by atoms with Crippen molar-refractivity contribution in [1.82, 2.24) is 4.98 Å². The molecule has 28 heavy (non-hydrogen) atoms. The third kappa shape index (κ3) is 5.19. The third-order valence-electron chi connectivity index (χ3n) is 4.65. The molecule has 0 bridgehead atoms. The smallest absolute Gasteiger partial charge is 0.335 e. The number of unbranched alkanes of at least 4 members (excludes halogenated alkanes) is 3. The molecule has 4 heteroatoms. The van der Waals surface area contributed by atoms with Gasteiger partial charge in [0.1, 0.15) is 5.75 Å². The van der Waals surface area contributed by atoms with E-state index in [0.29, 0.717) is 0 Å². The molecule has 1 aromatic heterocycles. The maximum Gasteiger partial charge on any atom is 0.335 e. The summed E-state index contributed by atoms with van der Waals surface area (Å²) in [6.07, 6.45) is 6.60. The number of aromatic nitrogens is 1. The molecule has 1 heterocycles. The van der Waals surface area contributed by atoms with Crippen molar-refractivity contribution in [2.24, 2.45) is 0 Å². The normalized spacial score (nSPS) is 10.6. The minimum Gasteiger partial charge on any atom is -0.494 e. The molecule has 3 aromatic rings. The molecule has 0 unspecified atom stereocenters. The standard InChI is InChI=1S/C24H25NO3/c1-2-3-4-5-16-28-22-13-10-19(11-14-22)23-15-12-21(17-25-23)18-6-8-20(9-7-18)24(26)27/h6-15,17H,2-5,16H2,1H3,(H,26,27). The molecule has 2 aromatic carbocycles. The van der Waals surface area contributed by atoms with Gasteiger partial charge >= 0.3 is 5.97 Å². The zero-order valence-electron chi connectivity index (χ0n) is 16.1. The second-order valence-corrected chi connectivity index (χ2v) is 6.75. The largest absolute Gasteiger partial charge is 0.494 e. The quantitative estimate of drug-likeness (QED) is 0.461. The first-order valence-electron chi connectivity index (χ1n) is 9.70. The number of carbonyl (C=O) groups is 1. The Morgan fingerprint density at radius 1 is 0.857 bits per heavy atom. The van der Waals surface area contributed by atoms with E-state index >= 15 is 0 Å². The number of hydrogen-bond acceptors (Lipinski definition) is 3. The van der Waals surface area contributed by atoms with Gasteiger partial charge in [-0.25, -0.2) is 4.79 Å². The fraction of sp³-hybridized carbons (Fsp3) is 0.250. The Kier molecular flexibility index (Phi) is 6.79. The van der Waals surface area contributed by atoms with Crippen LogP contribution in [0.2, 0.25) is 0 Å². The van der Waals surface area contributed by atoms with Crippen molar-refractivity contribution in [2.75, 3.05) is 6.61 Å². The number of aromatic carboxylic acids is 1. The Bertz CT molecular complexity index is 885. The lowest BCUT2D eigenvalue weighted by Crippen LogP contribution is -1.97. The molecule has 0 atom stereocenters. The van der Waals surface area contributed by atoms with Crippen molar-refractivity contribution in [1.29, 1.82) is 0 Å². The molecule has 4 nitrogen and oxygen atoms in total. The maximum atomic E-state index is 11.0. The van der Waals surface area contributed by atoms with E-state index in [-0.39, 0.29) is 5.56 Å². The summed E-state index contributed by atoms with van der Waals surface area (Å²) in [5.74, 6) is -0.0382. The predicted octanol–water partition coefficient (Wildman–Crippen LogP) is 6.07. The number of pyridine rings is 1. The lowest BCUT2D eigenvalue weighted by molar-refractivity contribution is 0.0697. The zero-order chi connectivity index (χ0) is 19.8. The van der Waals surface area contributed by atoms with Crippen LogP contribution in [0, 0.1) is 0 Å². The lowest BCUT2D eigenvalue weighted by Gasteiger charge is -2.08. The average molecular weight is 375 g/mol. The van der Waals surface area contributed by atoms with Crippen molar-refractivity contribution in [3.8, 4) is 28.1 Å². The van der Waals surface area contributed by atoms with E-state index in [2.05, 4.69) is 11.9 Å². The van der Waals surface area contributed by atoms with Crippen molar-refractivity contribution < 1.29 is 14.6 Å². The van der Waals surface area contributed by atoms with Gasteiger partial charge in [0.25, 0.3) is 0 Å². The highest BCUT2D eigenvalue weighted by Gasteiger charge is 2.05. The van der Waals surface area contributed by atoms with Gasteiger partial charge in [0.2, 0.25) is 0 Å². The number of ether oxygens (including phenoxy) is 1. The van der Waals surface area contributed by atoms with E-state index in [0.717, 1.165) is 41.2 Å². The third-order valence-corrected chi connectivity index (χ3v) is 4.65. The Morgan fingerprint density at radius 3 is 2.14 bits per heavy atom. The molecule has 0 saturated carbocycles. The summed E-state index contributed by atoms with van der Waals surface area (Å²) in [6, 6.07) is 18.8. The number of carboxylic acid groups (broad SMARTS) is 1. The summed E-state index contributed by atoms with van der Waals surface area (Å²) in [6.45, 7) is 2.96. The van der Waals surface area contributed by atoms with Crippen molar-refractivity contribution >= 4 is 5.97 Å². The van der Waals surface area contributed by atoms with Crippen LogP contribution < -0.4 is 4.74 Å². The molecule has 3 rings (SSSR count). The molecule has 0 aliphatic rings. The lowest BCUT2D eigenvalue weighted by atomic mass is 10.0. The van der Waals surface area contributed by atoms with Crippen LogP contribution in [-0.4, -0.2) is 22.7 Å². The Morgan fingerprint density at radius 2 is 1.54 bits per heavy atom. The van der Waals surface area contributed by atoms with Gasteiger partial charge in [0, 0.05) is 17.3 Å². The van der Waals surface area contributed by atoms with Crippen LogP contribution in [0.15, 0.2) is 66.9 Å². The Hall–Kier alpha value is -3.14. The Balaban J connectivity index is 1.62. The van der Waals surface area contributed by atoms with Crippen LogP contribution in [0.4, 0.5) is 0 Å². The van der Waals surface area contributed by atoms with E-state index in [9.17, 15) is 4.79 Å². The summed E-state index contributed by atoms with van der Waals surface area (Å²) in [4.78, 5) is 15.5. The molecule has 0 amide bonds. The maximum absolute atomic E-state index is 11.0. The van der Waals surface area contributed by atoms with E-state index in [1.807, 2.05) is 42.6 Å². The minimum absolute atomic E-state index is 0.279. The van der Waals surface area contributed by atoms with Crippen molar-refractivity contribution in [3.05, 3.63) is 72.4 Å². The van der Waals surface area contributed by atoms with Gasteiger partial charge < -0.3 is 9.84 Å². The number of carboxylic acids is 1. The number of rotatable bonds is 9. The second kappa shape index (κ2) is 9.70. The average Bonchev–Trinajstić information content (AvgIpc) is 2.74. The van der Waals surface area contributed by atoms with Crippen LogP contribution in [0.25, 0.3) is 22.4 Å². The molecule has 0 aliphatic heterocycles. The molecule has 0 saturated heterocycles. The van der Waals surface area contributed by atoms with Gasteiger partial charge in [0.15, 0.2) is 0 Å². The van der Waals surface area contributed by atoms with E-state index in [1.54, 1.807) is 24.3 Å². The first-order chi connectivity index (χ1) is 13.7. The van der Waals surface area contributed by atoms with E-state index in [1.165, 1.54) is 19.3 Å². The van der Waals surface area contributed by atoms with Crippen LogP contribution in [0.1, 0.15) is 43.0 Å². The molecular weight excluding hydrogens is 350 g/mol. The minimum atomic E-state index is -0.923. The topological polar surface area (TPSA) is 59.4 Å². The van der Waals surface area contributed by atoms with Gasteiger partial charge in [0.05, 0.1) is 17.9 Å². The molecule has 1 N–H and O–H groups in total. The van der Waals surface area contributed by atoms with Crippen molar-refractivity contribution in [3.63, 3.8) is 0 Å². The summed E-state index contributed by atoms with van der Waals surface area (Å²) in [5.41, 5.74) is 4.09. The fourth-order valence-corrected chi connectivity index (χ4v) is 2.98. The molecule has 0 aliphatic carbocycles.